The molecule has 2 aromatic rings. The van der Waals surface area contributed by atoms with Crippen LogP contribution < -0.4 is 5.56 Å². The van der Waals surface area contributed by atoms with Crippen LogP contribution in [0.4, 0.5) is 8.78 Å². The van der Waals surface area contributed by atoms with Gasteiger partial charge in [-0.2, -0.15) is 0 Å². The van der Waals surface area contributed by atoms with E-state index >= 15 is 0 Å². The maximum atomic E-state index is 13.8. The fraction of sp³-hybridized carbons (Fsp3) is 0.375. The van der Waals surface area contributed by atoms with Crippen LogP contribution in [-0.4, -0.2) is 38.8 Å². The molecule has 1 aliphatic rings. The zero-order chi connectivity index (χ0) is 17.3. The fourth-order valence-corrected chi connectivity index (χ4v) is 2.94. The topological polar surface area (TPSA) is 79.0 Å². The highest BCUT2D eigenvalue weighted by atomic mass is 19.1. The molecule has 0 bridgehead atoms. The van der Waals surface area contributed by atoms with Gasteiger partial charge in [0, 0.05) is 31.1 Å². The first kappa shape index (κ1) is 16.2. The molecule has 1 saturated heterocycles. The average Bonchev–Trinajstić information content (AvgIpc) is 2.53. The van der Waals surface area contributed by atoms with Gasteiger partial charge in [0.25, 0.3) is 11.5 Å². The Hall–Kier alpha value is -2.64. The number of halogens is 2. The number of hydrogen-bond donors (Lipinski definition) is 1. The number of aromatic nitrogens is 3. The maximum Gasteiger partial charge on any atom is 0.275 e. The van der Waals surface area contributed by atoms with Crippen LogP contribution in [0.3, 0.4) is 0 Å². The molecule has 0 radical (unpaired) electrons. The highest BCUT2D eigenvalue weighted by Crippen LogP contribution is 2.26. The number of aromatic amines is 1. The molecule has 0 aromatic carbocycles. The van der Waals surface area contributed by atoms with Crippen molar-refractivity contribution < 1.29 is 13.6 Å². The summed E-state index contributed by atoms with van der Waals surface area (Å²) >= 11 is 0. The lowest BCUT2D eigenvalue weighted by atomic mass is 9.94. The second kappa shape index (κ2) is 6.46. The van der Waals surface area contributed by atoms with Crippen LogP contribution in [0.5, 0.6) is 0 Å². The van der Waals surface area contributed by atoms with Crippen LogP contribution in [0.25, 0.3) is 0 Å². The number of nitrogens with zero attached hydrogens (tertiary/aromatic N) is 3. The zero-order valence-electron chi connectivity index (χ0n) is 13.1. The summed E-state index contributed by atoms with van der Waals surface area (Å²) in [5.74, 6) is -1.99. The summed E-state index contributed by atoms with van der Waals surface area (Å²) in [4.78, 5) is 36.0. The molecule has 0 unspecified atom stereocenters. The Labute approximate surface area is 136 Å². The largest absolute Gasteiger partial charge is 0.337 e. The van der Waals surface area contributed by atoms with E-state index in [1.807, 2.05) is 0 Å². The van der Waals surface area contributed by atoms with Crippen LogP contribution >= 0.6 is 0 Å². The Kier molecular flexibility index (Phi) is 4.37. The average molecular weight is 334 g/mol. The van der Waals surface area contributed by atoms with Gasteiger partial charge in [-0.25, -0.2) is 18.7 Å². The van der Waals surface area contributed by atoms with Crippen molar-refractivity contribution in [2.45, 2.75) is 25.7 Å². The fourth-order valence-electron chi connectivity index (χ4n) is 2.94. The summed E-state index contributed by atoms with van der Waals surface area (Å²) in [6, 6.07) is 2.06. The molecule has 1 fully saturated rings. The van der Waals surface area contributed by atoms with Gasteiger partial charge in [0.1, 0.15) is 11.6 Å². The third-order valence-corrected chi connectivity index (χ3v) is 4.02. The van der Waals surface area contributed by atoms with E-state index in [0.29, 0.717) is 37.1 Å². The number of aryl methyl sites for hydroxylation is 1. The molecule has 0 spiro atoms. The van der Waals surface area contributed by atoms with Crippen molar-refractivity contribution in [1.82, 2.24) is 19.9 Å². The molecule has 126 valence electrons. The van der Waals surface area contributed by atoms with Gasteiger partial charge >= 0.3 is 0 Å². The standard InChI is InChI=1S/C16H16F2N4O2/c1-9-20-13(6-14(23)21-9)10-3-2-4-22(8-10)16(24)15-12(18)5-11(17)7-19-15/h5-7,10H,2-4,8H2,1H3,(H,20,21,23)/t10-/m1/s1. The number of carbonyl (C=O) groups excluding carboxylic acids is 1. The van der Waals surface area contributed by atoms with Crippen LogP contribution in [0.15, 0.2) is 23.1 Å². The Bertz CT molecular complexity index is 837. The summed E-state index contributed by atoms with van der Waals surface area (Å²) in [7, 11) is 0. The van der Waals surface area contributed by atoms with Crippen molar-refractivity contribution in [2.75, 3.05) is 13.1 Å². The van der Waals surface area contributed by atoms with Crippen molar-refractivity contribution in [3.63, 3.8) is 0 Å². The van der Waals surface area contributed by atoms with Crippen molar-refractivity contribution in [2.24, 2.45) is 0 Å². The Balaban J connectivity index is 1.82. The minimum Gasteiger partial charge on any atom is -0.337 e. The zero-order valence-corrected chi connectivity index (χ0v) is 13.1. The van der Waals surface area contributed by atoms with E-state index in [1.54, 1.807) is 6.92 Å². The van der Waals surface area contributed by atoms with E-state index in [-0.39, 0.29) is 11.5 Å². The van der Waals surface area contributed by atoms with E-state index in [1.165, 1.54) is 11.0 Å². The van der Waals surface area contributed by atoms with Crippen LogP contribution in [0.2, 0.25) is 0 Å². The minimum absolute atomic E-state index is 0.104. The molecule has 1 atom stereocenters. The van der Waals surface area contributed by atoms with Crippen LogP contribution in [-0.2, 0) is 0 Å². The Morgan fingerprint density at radius 3 is 2.88 bits per heavy atom. The lowest BCUT2D eigenvalue weighted by Gasteiger charge is -2.32. The van der Waals surface area contributed by atoms with Gasteiger partial charge < -0.3 is 9.88 Å². The predicted molar refractivity (Wildman–Crippen MR) is 81.6 cm³/mol. The van der Waals surface area contributed by atoms with E-state index in [0.717, 1.165) is 12.6 Å². The first-order valence-electron chi connectivity index (χ1n) is 7.62. The van der Waals surface area contributed by atoms with Gasteiger partial charge in [0.2, 0.25) is 0 Å². The molecule has 2 aromatic heterocycles. The molecule has 0 aliphatic carbocycles. The molecule has 6 nitrogen and oxygen atoms in total. The molecule has 0 saturated carbocycles. The first-order valence-corrected chi connectivity index (χ1v) is 7.62. The number of hydrogen-bond acceptors (Lipinski definition) is 4. The van der Waals surface area contributed by atoms with E-state index < -0.39 is 23.2 Å². The predicted octanol–water partition coefficient (Wildman–Crippen LogP) is 1.77. The molecule has 3 heterocycles. The third kappa shape index (κ3) is 3.32. The number of likely N-dealkylation sites (tertiary alicyclic amines) is 1. The van der Waals surface area contributed by atoms with Gasteiger partial charge in [0.05, 0.1) is 11.9 Å². The van der Waals surface area contributed by atoms with Gasteiger partial charge in [-0.3, -0.25) is 9.59 Å². The summed E-state index contributed by atoms with van der Waals surface area (Å²) in [5.41, 5.74) is -0.0272. The summed E-state index contributed by atoms with van der Waals surface area (Å²) in [5, 5.41) is 0. The second-order valence-electron chi connectivity index (χ2n) is 5.83. The summed E-state index contributed by atoms with van der Waals surface area (Å²) in [6.45, 7) is 2.46. The Morgan fingerprint density at radius 2 is 2.17 bits per heavy atom. The normalized spacial score (nSPS) is 17.8. The second-order valence-corrected chi connectivity index (χ2v) is 5.83. The number of rotatable bonds is 2. The van der Waals surface area contributed by atoms with Crippen molar-refractivity contribution in [3.8, 4) is 0 Å². The quantitative estimate of drug-likeness (QED) is 0.908. The highest BCUT2D eigenvalue weighted by Gasteiger charge is 2.28. The molecule has 3 rings (SSSR count). The maximum absolute atomic E-state index is 13.8. The van der Waals surface area contributed by atoms with Gasteiger partial charge in [-0.15, -0.1) is 0 Å². The molecule has 8 heteroatoms. The number of nitrogens with one attached hydrogen (secondary N) is 1. The minimum atomic E-state index is -0.979. The SMILES string of the molecule is Cc1nc([C@@H]2CCCN(C(=O)c3ncc(F)cc3F)C2)cc(=O)[nH]1. The van der Waals surface area contributed by atoms with E-state index in [9.17, 15) is 18.4 Å². The monoisotopic (exact) mass is 334 g/mol. The highest BCUT2D eigenvalue weighted by molar-refractivity contribution is 5.92. The van der Waals surface area contributed by atoms with Crippen LogP contribution in [0.1, 0.15) is 40.8 Å². The number of carbonyl (C=O) groups is 1. The number of pyridine rings is 1. The van der Waals surface area contributed by atoms with E-state index in [4.69, 9.17) is 0 Å². The van der Waals surface area contributed by atoms with Crippen LogP contribution in [0, 0.1) is 18.6 Å². The van der Waals surface area contributed by atoms with E-state index in [2.05, 4.69) is 15.0 Å². The molecular weight excluding hydrogens is 318 g/mol. The number of piperidine rings is 1. The molecule has 24 heavy (non-hydrogen) atoms. The number of H-pyrrole nitrogens is 1. The van der Waals surface area contributed by atoms with Gasteiger partial charge in [0.15, 0.2) is 11.5 Å². The Morgan fingerprint density at radius 1 is 1.38 bits per heavy atom. The smallest absolute Gasteiger partial charge is 0.275 e. The molecule has 1 amide bonds. The molecule has 1 aliphatic heterocycles. The number of amides is 1. The summed E-state index contributed by atoms with van der Waals surface area (Å²) in [6.07, 6.45) is 2.30. The van der Waals surface area contributed by atoms with Crippen molar-refractivity contribution in [3.05, 3.63) is 57.5 Å². The molecule has 1 N–H and O–H groups in total. The van der Waals surface area contributed by atoms with Gasteiger partial charge in [-0.1, -0.05) is 0 Å². The first-order chi connectivity index (χ1) is 11.4. The molecular formula is C16H16F2N4O2. The van der Waals surface area contributed by atoms with Crippen molar-refractivity contribution >= 4 is 5.91 Å². The lowest BCUT2D eigenvalue weighted by Crippen LogP contribution is -2.40. The summed E-state index contributed by atoms with van der Waals surface area (Å²) < 4.78 is 26.7. The third-order valence-electron chi connectivity index (χ3n) is 4.02. The van der Waals surface area contributed by atoms with Crippen molar-refractivity contribution in [1.29, 1.82) is 0 Å². The van der Waals surface area contributed by atoms with Gasteiger partial charge in [-0.05, 0) is 19.8 Å². The lowest BCUT2D eigenvalue weighted by molar-refractivity contribution is 0.0694.